The number of carbonyl (C=O) groups is 1. The molecule has 0 amide bonds. The van der Waals surface area contributed by atoms with Crippen LogP contribution in [-0.4, -0.2) is 41.6 Å². The fraction of sp³-hybridized carbons (Fsp3) is 0.464. The summed E-state index contributed by atoms with van der Waals surface area (Å²) in [6.45, 7) is 10.3. The molecule has 2 aliphatic rings. The Labute approximate surface area is 207 Å². The number of nitrogens with zero attached hydrogens (tertiary/aromatic N) is 1. The monoisotopic (exact) mass is 475 g/mol. The van der Waals surface area contributed by atoms with Gasteiger partial charge in [0, 0.05) is 11.1 Å². The standard InChI is InChI=1S/C28H34BNO5/c1-6-32-26(31)25-18-19-17-20(29-34-27(2,3)28(4,5)35-29)11-16-24(19)30(25)21-12-14-23(15-13-21)33-22-9-7-8-10-22/h11-18,22H,6-10H2,1-5H3. The molecule has 1 aliphatic heterocycles. The maximum absolute atomic E-state index is 12.9. The van der Waals surface area contributed by atoms with E-state index in [4.69, 9.17) is 18.8 Å². The van der Waals surface area contributed by atoms with E-state index in [1.807, 2.05) is 87.7 Å². The SMILES string of the molecule is CCOC(=O)c1cc2cc(B3OC(C)(C)C(C)(C)O3)ccc2n1-c1ccc(OC2CCCC2)cc1. The molecule has 6 nitrogen and oxygen atoms in total. The lowest BCUT2D eigenvalue weighted by molar-refractivity contribution is 0.00578. The van der Waals surface area contributed by atoms with Gasteiger partial charge in [0.15, 0.2) is 0 Å². The first-order chi connectivity index (χ1) is 16.7. The van der Waals surface area contributed by atoms with Crippen molar-refractivity contribution in [3.63, 3.8) is 0 Å². The Hall–Kier alpha value is -2.77. The number of ether oxygens (including phenoxy) is 2. The summed E-state index contributed by atoms with van der Waals surface area (Å²) in [5.41, 5.74) is 2.36. The third kappa shape index (κ3) is 4.48. The third-order valence-electron chi connectivity index (χ3n) is 7.54. The van der Waals surface area contributed by atoms with Crippen LogP contribution in [0.25, 0.3) is 16.6 Å². The van der Waals surface area contributed by atoms with Gasteiger partial charge >= 0.3 is 13.1 Å². The summed E-state index contributed by atoms with van der Waals surface area (Å²) in [6, 6.07) is 15.9. The van der Waals surface area contributed by atoms with Gasteiger partial charge in [0.1, 0.15) is 11.4 Å². The average molecular weight is 475 g/mol. The Morgan fingerprint density at radius 3 is 2.29 bits per heavy atom. The molecule has 7 heteroatoms. The molecule has 0 spiro atoms. The molecule has 1 aromatic heterocycles. The molecule has 1 saturated carbocycles. The molecule has 184 valence electrons. The van der Waals surface area contributed by atoms with E-state index in [-0.39, 0.29) is 5.97 Å². The second-order valence-corrected chi connectivity index (χ2v) is 10.5. The van der Waals surface area contributed by atoms with Crippen molar-refractivity contribution in [1.29, 1.82) is 0 Å². The molecule has 2 aromatic carbocycles. The summed E-state index contributed by atoms with van der Waals surface area (Å²) in [6.07, 6.45) is 4.99. The number of benzene rings is 2. The van der Waals surface area contributed by atoms with E-state index in [1.165, 1.54) is 12.8 Å². The molecule has 2 heterocycles. The van der Waals surface area contributed by atoms with E-state index in [2.05, 4.69) is 0 Å². The number of fused-ring (bicyclic) bond motifs is 1. The normalized spacial score (nSPS) is 19.4. The molecule has 0 bridgehead atoms. The highest BCUT2D eigenvalue weighted by Crippen LogP contribution is 2.37. The second kappa shape index (κ2) is 9.03. The van der Waals surface area contributed by atoms with E-state index in [0.717, 1.165) is 40.6 Å². The van der Waals surface area contributed by atoms with Gasteiger partial charge in [-0.2, -0.15) is 0 Å². The molecule has 5 rings (SSSR count). The summed E-state index contributed by atoms with van der Waals surface area (Å²) >= 11 is 0. The molecule has 3 aromatic rings. The van der Waals surface area contributed by atoms with Gasteiger partial charge in [-0.3, -0.25) is 0 Å². The van der Waals surface area contributed by atoms with Gasteiger partial charge in [-0.25, -0.2) is 4.79 Å². The summed E-state index contributed by atoms with van der Waals surface area (Å²) in [5, 5.41) is 0.923. The van der Waals surface area contributed by atoms with Crippen LogP contribution in [0.2, 0.25) is 0 Å². The summed E-state index contributed by atoms with van der Waals surface area (Å²) in [5.74, 6) is 0.505. The lowest BCUT2D eigenvalue weighted by atomic mass is 9.78. The molecule has 1 saturated heterocycles. The molecule has 2 fully saturated rings. The van der Waals surface area contributed by atoms with E-state index in [1.54, 1.807) is 0 Å². The minimum absolute atomic E-state index is 0.303. The molecule has 0 unspecified atom stereocenters. The van der Waals surface area contributed by atoms with Crippen molar-refractivity contribution in [3.05, 3.63) is 54.2 Å². The summed E-state index contributed by atoms with van der Waals surface area (Å²) in [7, 11) is -0.467. The van der Waals surface area contributed by atoms with Crippen LogP contribution < -0.4 is 10.2 Å². The van der Waals surface area contributed by atoms with E-state index < -0.39 is 18.3 Å². The first kappa shape index (κ1) is 24.0. The number of rotatable bonds is 6. The average Bonchev–Trinajstić information content (AvgIpc) is 3.51. The Morgan fingerprint density at radius 1 is 1.00 bits per heavy atom. The van der Waals surface area contributed by atoms with Crippen molar-refractivity contribution in [3.8, 4) is 11.4 Å². The van der Waals surface area contributed by atoms with Crippen LogP contribution >= 0.6 is 0 Å². The molecule has 0 radical (unpaired) electrons. The Bertz CT molecular complexity index is 1210. The zero-order chi connectivity index (χ0) is 24.8. The van der Waals surface area contributed by atoms with E-state index in [9.17, 15) is 4.79 Å². The van der Waals surface area contributed by atoms with Crippen LogP contribution in [0.4, 0.5) is 0 Å². The van der Waals surface area contributed by atoms with Crippen molar-refractivity contribution < 1.29 is 23.6 Å². The van der Waals surface area contributed by atoms with Crippen LogP contribution in [0.3, 0.4) is 0 Å². The van der Waals surface area contributed by atoms with Crippen molar-refractivity contribution in [2.24, 2.45) is 0 Å². The fourth-order valence-corrected chi connectivity index (χ4v) is 4.87. The van der Waals surface area contributed by atoms with Crippen LogP contribution in [0.5, 0.6) is 5.75 Å². The maximum atomic E-state index is 12.9. The number of hydrogen-bond donors (Lipinski definition) is 0. The van der Waals surface area contributed by atoms with Gasteiger partial charge in [0.25, 0.3) is 0 Å². The third-order valence-corrected chi connectivity index (χ3v) is 7.54. The maximum Gasteiger partial charge on any atom is 0.494 e. The highest BCUT2D eigenvalue weighted by Gasteiger charge is 2.51. The van der Waals surface area contributed by atoms with Crippen molar-refractivity contribution in [2.75, 3.05) is 6.61 Å². The molecule has 0 atom stereocenters. The van der Waals surface area contributed by atoms with Gasteiger partial charge < -0.3 is 23.3 Å². The lowest BCUT2D eigenvalue weighted by Gasteiger charge is -2.32. The zero-order valence-corrected chi connectivity index (χ0v) is 21.3. The van der Waals surface area contributed by atoms with E-state index in [0.29, 0.717) is 18.4 Å². The van der Waals surface area contributed by atoms with Gasteiger partial charge in [0.05, 0.1) is 29.4 Å². The van der Waals surface area contributed by atoms with Crippen molar-refractivity contribution in [1.82, 2.24) is 4.57 Å². The number of esters is 1. The number of aromatic nitrogens is 1. The molecule has 0 N–H and O–H groups in total. The quantitative estimate of drug-likeness (QED) is 0.352. The predicted molar refractivity (Wildman–Crippen MR) is 138 cm³/mol. The zero-order valence-electron chi connectivity index (χ0n) is 21.3. The van der Waals surface area contributed by atoms with E-state index >= 15 is 0 Å². The first-order valence-electron chi connectivity index (χ1n) is 12.6. The van der Waals surface area contributed by atoms with Crippen LogP contribution in [-0.2, 0) is 14.0 Å². The topological polar surface area (TPSA) is 58.9 Å². The fourth-order valence-electron chi connectivity index (χ4n) is 4.87. The van der Waals surface area contributed by atoms with Gasteiger partial charge in [-0.15, -0.1) is 0 Å². The van der Waals surface area contributed by atoms with Gasteiger partial charge in [-0.05, 0) is 102 Å². The van der Waals surface area contributed by atoms with Crippen LogP contribution in [0.1, 0.15) is 70.8 Å². The van der Waals surface area contributed by atoms with Crippen molar-refractivity contribution >= 4 is 29.5 Å². The van der Waals surface area contributed by atoms with Gasteiger partial charge in [0.2, 0.25) is 0 Å². The summed E-state index contributed by atoms with van der Waals surface area (Å²) < 4.78 is 25.9. The minimum atomic E-state index is -0.467. The predicted octanol–water partition coefficient (Wildman–Crippen LogP) is 5.43. The molecule has 35 heavy (non-hydrogen) atoms. The largest absolute Gasteiger partial charge is 0.494 e. The molecule has 1 aliphatic carbocycles. The molecular weight excluding hydrogens is 441 g/mol. The Kier molecular flexibility index (Phi) is 6.18. The molecular formula is C28H34BNO5. The van der Waals surface area contributed by atoms with Crippen molar-refractivity contribution in [2.45, 2.75) is 77.6 Å². The first-order valence-corrected chi connectivity index (χ1v) is 12.6. The van der Waals surface area contributed by atoms with Crippen LogP contribution in [0.15, 0.2) is 48.5 Å². The Balaban J connectivity index is 1.51. The highest BCUT2D eigenvalue weighted by atomic mass is 16.7. The highest BCUT2D eigenvalue weighted by molar-refractivity contribution is 6.62. The van der Waals surface area contributed by atoms with Gasteiger partial charge in [-0.1, -0.05) is 12.1 Å². The summed E-state index contributed by atoms with van der Waals surface area (Å²) in [4.78, 5) is 12.9. The lowest BCUT2D eigenvalue weighted by Crippen LogP contribution is -2.41. The minimum Gasteiger partial charge on any atom is -0.490 e. The number of carbonyl (C=O) groups excluding carboxylic acids is 1. The second-order valence-electron chi connectivity index (χ2n) is 10.5. The smallest absolute Gasteiger partial charge is 0.490 e. The Morgan fingerprint density at radius 2 is 1.66 bits per heavy atom. The van der Waals surface area contributed by atoms with Crippen LogP contribution in [0, 0.1) is 0 Å². The number of hydrogen-bond acceptors (Lipinski definition) is 5.